The van der Waals surface area contributed by atoms with Gasteiger partial charge in [0.2, 0.25) is 0 Å². The van der Waals surface area contributed by atoms with E-state index in [1.807, 2.05) is 0 Å². The lowest BCUT2D eigenvalue weighted by atomic mass is 10.0. The number of rotatable bonds is 3. The van der Waals surface area contributed by atoms with E-state index in [2.05, 4.69) is 0 Å². The molecule has 0 bridgehead atoms. The van der Waals surface area contributed by atoms with Crippen LogP contribution in [0.3, 0.4) is 0 Å². The number of sulfone groups is 1. The summed E-state index contributed by atoms with van der Waals surface area (Å²) in [6, 6.07) is 11.8. The topological polar surface area (TPSA) is 98.9 Å². The lowest BCUT2D eigenvalue weighted by Gasteiger charge is -2.31. The quantitative estimate of drug-likeness (QED) is 0.880. The highest BCUT2D eigenvalue weighted by atomic mass is 32.2. The van der Waals surface area contributed by atoms with E-state index >= 15 is 0 Å². The number of nitrogens with two attached hydrogens (primary N) is 1. The van der Waals surface area contributed by atoms with Crippen molar-refractivity contribution in [2.24, 2.45) is 5.73 Å². The van der Waals surface area contributed by atoms with Gasteiger partial charge in [-0.1, -0.05) is 24.3 Å². The van der Waals surface area contributed by atoms with Crippen LogP contribution in [0.1, 0.15) is 0 Å². The summed E-state index contributed by atoms with van der Waals surface area (Å²) in [5, 5.41) is 0. The van der Waals surface area contributed by atoms with Crippen molar-refractivity contribution in [2.75, 3.05) is 24.3 Å². The number of hydrogen-bond acceptors (Lipinski definition) is 6. The summed E-state index contributed by atoms with van der Waals surface area (Å²) in [6.45, 7) is 0.503. The molecular weight excluding hydrogens is 356 g/mol. The number of nitrogens with zero attached hydrogens (tertiary/aromatic N) is 1. The number of carbonyl (C=O) groups is 1. The maximum Gasteiger partial charge on any atom is 0.415 e. The first-order valence-corrected chi connectivity index (χ1v) is 10.1. The summed E-state index contributed by atoms with van der Waals surface area (Å²) in [5.41, 5.74) is 7.55. The Labute approximate surface area is 151 Å². The fraction of sp³-hybridized carbons (Fsp3) is 0.278. The van der Waals surface area contributed by atoms with E-state index in [9.17, 15) is 13.2 Å². The highest BCUT2D eigenvalue weighted by molar-refractivity contribution is 7.90. The third kappa shape index (κ3) is 2.62. The van der Waals surface area contributed by atoms with Crippen LogP contribution >= 0.6 is 0 Å². The molecule has 4 rings (SSSR count). The average Bonchev–Trinajstić information content (AvgIpc) is 2.97. The molecule has 0 aromatic heterocycles. The largest absolute Gasteiger partial charge is 0.489 e. The van der Waals surface area contributed by atoms with Gasteiger partial charge in [0.25, 0.3) is 0 Å². The van der Waals surface area contributed by atoms with Crippen LogP contribution in [-0.2, 0) is 14.6 Å². The molecule has 1 saturated heterocycles. The van der Waals surface area contributed by atoms with E-state index in [1.54, 1.807) is 47.4 Å². The van der Waals surface area contributed by atoms with Crippen LogP contribution in [0, 0.1) is 0 Å². The number of hydrogen-bond donors (Lipinski definition) is 1. The Balaban J connectivity index is 1.78. The first-order chi connectivity index (χ1) is 12.4. The molecule has 0 saturated carbocycles. The lowest BCUT2D eigenvalue weighted by molar-refractivity contribution is 0.126. The van der Waals surface area contributed by atoms with E-state index < -0.39 is 22.0 Å². The van der Waals surface area contributed by atoms with Crippen molar-refractivity contribution in [2.45, 2.75) is 17.0 Å². The summed E-state index contributed by atoms with van der Waals surface area (Å²) < 4.78 is 35.3. The molecule has 7 nitrogen and oxygen atoms in total. The number of amides is 1. The van der Waals surface area contributed by atoms with Crippen LogP contribution in [0.25, 0.3) is 11.1 Å². The van der Waals surface area contributed by atoms with Crippen molar-refractivity contribution < 1.29 is 22.7 Å². The Morgan fingerprint density at radius 1 is 1.23 bits per heavy atom. The van der Waals surface area contributed by atoms with E-state index in [0.717, 1.165) is 0 Å². The average molecular weight is 374 g/mol. The Morgan fingerprint density at radius 2 is 2.00 bits per heavy atom. The number of cyclic esters (lactones) is 1. The second kappa shape index (κ2) is 6.00. The summed E-state index contributed by atoms with van der Waals surface area (Å²) >= 11 is 0. The zero-order valence-electron chi connectivity index (χ0n) is 14.1. The van der Waals surface area contributed by atoms with Crippen molar-refractivity contribution in [1.82, 2.24) is 0 Å². The number of ether oxygens (including phenoxy) is 2. The first kappa shape index (κ1) is 16.9. The van der Waals surface area contributed by atoms with Gasteiger partial charge in [-0.05, 0) is 23.8 Å². The minimum absolute atomic E-state index is 0.228. The Hall–Kier alpha value is -2.58. The van der Waals surface area contributed by atoms with Crippen molar-refractivity contribution >= 4 is 21.6 Å². The third-order valence-corrected chi connectivity index (χ3v) is 5.82. The van der Waals surface area contributed by atoms with Crippen LogP contribution in [-0.4, -0.2) is 46.1 Å². The molecule has 26 heavy (non-hydrogen) atoms. The van der Waals surface area contributed by atoms with E-state index in [-0.39, 0.29) is 24.1 Å². The van der Waals surface area contributed by atoms with Gasteiger partial charge in [0, 0.05) is 18.4 Å². The summed E-state index contributed by atoms with van der Waals surface area (Å²) in [7, 11) is -3.38. The molecule has 2 aromatic rings. The molecule has 0 spiro atoms. The number of anilines is 1. The summed E-state index contributed by atoms with van der Waals surface area (Å²) in [5.74, 6) is 0.511. The zero-order valence-corrected chi connectivity index (χ0v) is 14.9. The molecule has 0 radical (unpaired) electrons. The van der Waals surface area contributed by atoms with Crippen LogP contribution in [0.2, 0.25) is 0 Å². The molecule has 2 aliphatic rings. The smallest absolute Gasteiger partial charge is 0.415 e. The van der Waals surface area contributed by atoms with E-state index in [1.165, 1.54) is 6.26 Å². The lowest BCUT2D eigenvalue weighted by Crippen LogP contribution is -2.46. The summed E-state index contributed by atoms with van der Waals surface area (Å²) in [6.07, 6.45) is 0.332. The van der Waals surface area contributed by atoms with Gasteiger partial charge in [-0.3, -0.25) is 4.90 Å². The van der Waals surface area contributed by atoms with Crippen LogP contribution in [0.5, 0.6) is 5.75 Å². The van der Waals surface area contributed by atoms with Crippen LogP contribution in [0.4, 0.5) is 10.5 Å². The Morgan fingerprint density at radius 3 is 2.73 bits per heavy atom. The van der Waals surface area contributed by atoms with Gasteiger partial charge in [-0.15, -0.1) is 0 Å². The summed E-state index contributed by atoms with van der Waals surface area (Å²) in [4.78, 5) is 14.0. The zero-order chi connectivity index (χ0) is 18.5. The van der Waals surface area contributed by atoms with Gasteiger partial charge in [0.05, 0.1) is 10.6 Å². The maximum absolute atomic E-state index is 12.2. The highest BCUT2D eigenvalue weighted by Gasteiger charge is 2.45. The van der Waals surface area contributed by atoms with E-state index in [0.29, 0.717) is 22.6 Å². The van der Waals surface area contributed by atoms with Gasteiger partial charge >= 0.3 is 6.09 Å². The minimum Gasteiger partial charge on any atom is -0.489 e. The molecule has 2 N–H and O–H groups in total. The number of fused-ring (bicyclic) bond motifs is 3. The minimum atomic E-state index is -3.38. The molecule has 1 fully saturated rings. The molecule has 8 heteroatoms. The maximum atomic E-state index is 12.2. The Kier molecular flexibility index (Phi) is 3.89. The van der Waals surface area contributed by atoms with Crippen molar-refractivity contribution in [1.29, 1.82) is 0 Å². The molecule has 2 heterocycles. The van der Waals surface area contributed by atoms with Gasteiger partial charge in [-0.2, -0.15) is 0 Å². The van der Waals surface area contributed by atoms with Crippen molar-refractivity contribution in [3.63, 3.8) is 0 Å². The predicted molar refractivity (Wildman–Crippen MR) is 96.1 cm³/mol. The monoisotopic (exact) mass is 374 g/mol. The Bertz CT molecular complexity index is 989. The van der Waals surface area contributed by atoms with Crippen molar-refractivity contribution in [3.8, 4) is 16.9 Å². The number of benzene rings is 2. The van der Waals surface area contributed by atoms with Gasteiger partial charge in [-0.25, -0.2) is 13.2 Å². The second-order valence-corrected chi connectivity index (χ2v) is 8.34. The molecule has 1 amide bonds. The molecule has 2 atom stereocenters. The van der Waals surface area contributed by atoms with Gasteiger partial charge in [0.15, 0.2) is 9.84 Å². The SMILES string of the molecule is CS(=O)(=O)c1ccccc1-c1ccc2c(c1)OC[C@H]1[C@H](CN)OC(=O)N21. The van der Waals surface area contributed by atoms with Crippen molar-refractivity contribution in [3.05, 3.63) is 42.5 Å². The standard InChI is InChI=1S/C18H18N2O5S/c1-26(22,23)17-5-3-2-4-12(17)11-6-7-13-15(8-11)24-10-14-16(9-19)25-18(21)20(13)14/h2-8,14,16H,9-10,19H2,1H3/t14-,16-/m0/s1. The predicted octanol–water partition coefficient (Wildman–Crippen LogP) is 1.80. The van der Waals surface area contributed by atoms with Crippen LogP contribution < -0.4 is 15.4 Å². The molecule has 0 unspecified atom stereocenters. The molecule has 0 aliphatic carbocycles. The number of carbonyl (C=O) groups excluding carboxylic acids is 1. The molecule has 2 aliphatic heterocycles. The molecule has 2 aromatic carbocycles. The van der Waals surface area contributed by atoms with E-state index in [4.69, 9.17) is 15.2 Å². The molecule has 136 valence electrons. The molecular formula is C18H18N2O5S. The normalized spacial score (nSPS) is 21.6. The first-order valence-electron chi connectivity index (χ1n) is 8.16. The van der Waals surface area contributed by atoms with Gasteiger partial charge < -0.3 is 15.2 Å². The third-order valence-electron chi connectivity index (χ3n) is 4.67. The fourth-order valence-corrected chi connectivity index (χ4v) is 4.34. The van der Waals surface area contributed by atoms with Gasteiger partial charge in [0.1, 0.15) is 24.5 Å². The highest BCUT2D eigenvalue weighted by Crippen LogP contribution is 2.41. The van der Waals surface area contributed by atoms with Crippen LogP contribution in [0.15, 0.2) is 47.4 Å². The second-order valence-electron chi connectivity index (χ2n) is 6.36. The fourth-order valence-electron chi connectivity index (χ4n) is 3.43.